The molecule has 65 heavy (non-hydrogen) atoms. The second kappa shape index (κ2) is 31.2. The first-order chi connectivity index (χ1) is 29.4. The van der Waals surface area contributed by atoms with E-state index in [1.165, 1.54) is 77.6 Å². The quantitative estimate of drug-likeness (QED) is 0.0642. The molecule has 1 unspecified atom stereocenters. The van der Waals surface area contributed by atoms with Crippen molar-refractivity contribution < 1.29 is 99.3 Å². The second-order valence-corrected chi connectivity index (χ2v) is 27.3. The van der Waals surface area contributed by atoms with Crippen LogP contribution in [-0.4, -0.2) is 65.0 Å². The van der Waals surface area contributed by atoms with E-state index in [1.807, 2.05) is 31.2 Å². The van der Waals surface area contributed by atoms with Gasteiger partial charge in [-0.3, -0.25) is 0 Å². The fourth-order valence-corrected chi connectivity index (χ4v) is 10.4. The Morgan fingerprint density at radius 2 is 1.06 bits per heavy atom. The molecule has 4 aromatic carbocycles. The molecule has 0 aliphatic carbocycles. The van der Waals surface area contributed by atoms with Gasteiger partial charge in [0.1, 0.15) is 23.9 Å². The molecule has 0 bridgehead atoms. The van der Waals surface area contributed by atoms with Gasteiger partial charge in [-0.15, -0.1) is 0 Å². The van der Waals surface area contributed by atoms with Crippen LogP contribution in [0.15, 0.2) is 115 Å². The van der Waals surface area contributed by atoms with E-state index < -0.39 is 40.6 Å². The van der Waals surface area contributed by atoms with Gasteiger partial charge in [-0.25, -0.2) is 0 Å². The maximum absolute atomic E-state index is 10.2. The van der Waals surface area contributed by atoms with Crippen molar-refractivity contribution in [3.63, 3.8) is 0 Å². The van der Waals surface area contributed by atoms with E-state index in [9.17, 15) is 33.2 Å². The van der Waals surface area contributed by atoms with Crippen LogP contribution in [-0.2, 0) is 0 Å². The molecular formula is C45H56F12I2O4Sb2. The van der Waals surface area contributed by atoms with Crippen molar-refractivity contribution in [3.05, 3.63) is 135 Å². The van der Waals surface area contributed by atoms with Crippen molar-refractivity contribution in [2.45, 2.75) is 97.5 Å². The van der Waals surface area contributed by atoms with Gasteiger partial charge in [-0.1, -0.05) is 114 Å². The molecule has 1 atom stereocenters. The number of halogens is 14. The van der Waals surface area contributed by atoms with Crippen LogP contribution in [0.1, 0.15) is 97.0 Å². The average Bonchev–Trinajstić information content (AvgIpc) is 3.18. The Hall–Kier alpha value is -2.02. The van der Waals surface area contributed by atoms with Crippen LogP contribution < -0.4 is 66.0 Å². The molecule has 0 aromatic heterocycles. The number of fused-ring (bicyclic) bond motifs is 1. The SMILES string of the molecule is C=C1C=C(C)c2cc([I+]c3ccccc3)c(OCC)cc2O1.CCCCCCCCCCCCC(O)COc1ccc([I+]c2ccccc2)cc1.[F-].[F-].[F][Sb]([F])([F])([F])[F].[F][Sb]([F])([F])([F])[F]. The van der Waals surface area contributed by atoms with Crippen LogP contribution >= 0.6 is 0 Å². The molecule has 0 radical (unpaired) electrons. The van der Waals surface area contributed by atoms with E-state index in [0.717, 1.165) is 35.7 Å². The number of hydrogen-bond donors (Lipinski definition) is 1. The first-order valence-electron chi connectivity index (χ1n) is 20.3. The number of hydrogen-bond acceptors (Lipinski definition) is 4. The number of rotatable bonds is 20. The fraction of sp³-hybridized carbons (Fsp3) is 0.378. The summed E-state index contributed by atoms with van der Waals surface area (Å²) in [7, 11) is 0. The van der Waals surface area contributed by atoms with Crippen molar-refractivity contribution in [3.8, 4) is 17.2 Å². The van der Waals surface area contributed by atoms with Gasteiger partial charge in [-0.05, 0) is 80.4 Å². The topological polar surface area (TPSA) is 47.9 Å². The Balaban J connectivity index is 0.000000999. The van der Waals surface area contributed by atoms with Crippen molar-refractivity contribution in [1.29, 1.82) is 0 Å². The van der Waals surface area contributed by atoms with Crippen LogP contribution in [0.5, 0.6) is 17.2 Å². The van der Waals surface area contributed by atoms with Gasteiger partial charge in [0.2, 0.25) is 3.57 Å². The van der Waals surface area contributed by atoms with Gasteiger partial charge >= 0.3 is 111 Å². The van der Waals surface area contributed by atoms with Gasteiger partial charge < -0.3 is 28.7 Å². The Kier molecular flexibility index (Phi) is 30.2. The number of benzene rings is 4. The van der Waals surface area contributed by atoms with E-state index in [2.05, 4.69) is 99.3 Å². The molecule has 5 rings (SSSR count). The van der Waals surface area contributed by atoms with Gasteiger partial charge in [-0.2, -0.15) is 0 Å². The van der Waals surface area contributed by atoms with E-state index >= 15 is 0 Å². The van der Waals surface area contributed by atoms with Crippen LogP contribution in [0, 0.1) is 14.3 Å². The summed E-state index contributed by atoms with van der Waals surface area (Å²) in [6, 6.07) is 33.9. The Bertz CT molecular complexity index is 1910. The third-order valence-electron chi connectivity index (χ3n) is 8.42. The number of ether oxygens (including phenoxy) is 3. The fourth-order valence-electron chi connectivity index (χ4n) is 5.69. The van der Waals surface area contributed by atoms with Crippen molar-refractivity contribution in [1.82, 2.24) is 0 Å². The van der Waals surface area contributed by atoms with E-state index in [1.54, 1.807) is 0 Å². The third-order valence-corrected chi connectivity index (χ3v) is 13.9. The number of aliphatic hydroxyl groups excluding tert-OH is 1. The molecule has 20 heteroatoms. The first kappa shape index (κ1) is 63.0. The number of allylic oxidation sites excluding steroid dienone is 2. The minimum absolute atomic E-state index is 0. The summed E-state index contributed by atoms with van der Waals surface area (Å²) in [5, 5.41) is 10.2. The molecule has 4 nitrogen and oxygen atoms in total. The molecule has 368 valence electrons. The van der Waals surface area contributed by atoms with Gasteiger partial charge in [0, 0.05) is 17.7 Å². The Labute approximate surface area is 405 Å². The Morgan fingerprint density at radius 1 is 0.615 bits per heavy atom. The van der Waals surface area contributed by atoms with Crippen LogP contribution in [0.4, 0.5) is 28.1 Å². The monoisotopic (exact) mass is 1380 g/mol. The van der Waals surface area contributed by atoms with Crippen LogP contribution in [0.3, 0.4) is 0 Å². The molecule has 1 N–H and O–H groups in total. The zero-order chi connectivity index (χ0) is 47.0. The molecular weight excluding hydrogens is 1330 g/mol. The average molecular weight is 1390 g/mol. The summed E-state index contributed by atoms with van der Waals surface area (Å²) >= 11 is -18.8. The zero-order valence-corrected chi connectivity index (χ0v) is 45.6. The molecule has 0 spiro atoms. The summed E-state index contributed by atoms with van der Waals surface area (Å²) < 4.78 is 122. The molecule has 0 amide bonds. The maximum atomic E-state index is 10.2. The molecule has 0 saturated carbocycles. The predicted octanol–water partition coefficient (Wildman–Crippen LogP) is 2.84. The van der Waals surface area contributed by atoms with Gasteiger partial charge in [0.15, 0.2) is 16.5 Å². The van der Waals surface area contributed by atoms with Crippen molar-refractivity contribution in [2.75, 3.05) is 13.2 Å². The van der Waals surface area contributed by atoms with E-state index in [-0.39, 0.29) is 57.9 Å². The zero-order valence-electron chi connectivity index (χ0n) is 36.1. The number of aliphatic hydroxyl groups is 1. The van der Waals surface area contributed by atoms with E-state index in [0.29, 0.717) is 19.0 Å². The second-order valence-electron chi connectivity index (χ2n) is 14.1. The van der Waals surface area contributed by atoms with Crippen LogP contribution in [0.2, 0.25) is 0 Å². The molecule has 1 aliphatic heterocycles. The van der Waals surface area contributed by atoms with Crippen molar-refractivity contribution in [2.24, 2.45) is 0 Å². The number of unbranched alkanes of at least 4 members (excludes halogenated alkanes) is 9. The van der Waals surface area contributed by atoms with Crippen LogP contribution in [0.25, 0.3) is 5.57 Å². The summed E-state index contributed by atoms with van der Waals surface area (Å²) in [5.41, 5.74) is 2.33. The van der Waals surface area contributed by atoms with Gasteiger partial charge in [0.05, 0.1) is 12.7 Å². The standard InChI is InChI=1S/C26H38IO2.C19H18IO2.12FH.2Sb/c1-2-3-4-5-6-7-8-9-10-14-17-25(28)22-29-26-20-18-24(19-21-26)27-23-15-12-11-13-16-23;1-4-21-19-12-18-16(13(2)10-14(3)22-18)11-17(19)20-15-8-6-5-7-9-15;;;;;;;;;;;;;;/h11-13,15-16,18-21,25,28H,2-10,14,17,22H2,1H3;5-12H,3-4H2,1-2H3;12*1H;;/q2*+1;;;;;;;;;;;;;2*+5/p-12. The first-order valence-corrected chi connectivity index (χ1v) is 34.3. The molecule has 0 fully saturated rings. The molecule has 1 heterocycles. The predicted molar refractivity (Wildman–Crippen MR) is 226 cm³/mol. The molecule has 0 saturated heterocycles. The summed E-state index contributed by atoms with van der Waals surface area (Å²) in [4.78, 5) is 0. The molecule has 1 aliphatic rings. The van der Waals surface area contributed by atoms with Gasteiger partial charge in [0.25, 0.3) is 0 Å². The van der Waals surface area contributed by atoms with E-state index in [4.69, 9.17) is 14.2 Å². The summed E-state index contributed by atoms with van der Waals surface area (Å²) in [6.45, 7) is 11.3. The minimum atomic E-state index is -9.19. The molecule has 4 aromatic rings. The summed E-state index contributed by atoms with van der Waals surface area (Å²) in [6.07, 6.45) is 15.7. The third kappa shape index (κ3) is 34.9. The summed E-state index contributed by atoms with van der Waals surface area (Å²) in [5.74, 6) is 3.31. The van der Waals surface area contributed by atoms with Crippen molar-refractivity contribution >= 4 is 46.2 Å². The Morgan fingerprint density at radius 3 is 1.54 bits per heavy atom. The normalized spacial score (nSPS) is 13.4.